The van der Waals surface area contributed by atoms with Crippen molar-refractivity contribution in [2.75, 3.05) is 6.61 Å². The number of ether oxygens (including phenoxy) is 1. The average molecular weight is 350 g/mol. The van der Waals surface area contributed by atoms with Gasteiger partial charge in [-0.1, -0.05) is 12.1 Å². The van der Waals surface area contributed by atoms with Crippen molar-refractivity contribution in [1.82, 2.24) is 19.7 Å². The second-order valence-electron chi connectivity index (χ2n) is 7.54. The van der Waals surface area contributed by atoms with Gasteiger partial charge in [0.05, 0.1) is 5.69 Å². The lowest BCUT2D eigenvalue weighted by Gasteiger charge is -2.12. The Labute approximate surface area is 151 Å². The SMILES string of the molecule is Cc1cc(C2CC2)cc(C)c1-n1cc2c(=O)[nH]c([C@H]3CCCO3)nc2n1. The summed E-state index contributed by atoms with van der Waals surface area (Å²) in [6.07, 6.45) is 6.11. The number of rotatable bonds is 3. The van der Waals surface area contributed by atoms with Gasteiger partial charge in [-0.3, -0.25) is 4.79 Å². The van der Waals surface area contributed by atoms with E-state index in [0.717, 1.165) is 24.4 Å². The van der Waals surface area contributed by atoms with Crippen LogP contribution in [0.2, 0.25) is 0 Å². The molecule has 3 heterocycles. The van der Waals surface area contributed by atoms with E-state index >= 15 is 0 Å². The Morgan fingerprint density at radius 3 is 2.62 bits per heavy atom. The lowest BCUT2D eigenvalue weighted by atomic mass is 10.0. The summed E-state index contributed by atoms with van der Waals surface area (Å²) in [5.74, 6) is 1.30. The van der Waals surface area contributed by atoms with Gasteiger partial charge in [0.25, 0.3) is 5.56 Å². The van der Waals surface area contributed by atoms with Crippen molar-refractivity contribution in [1.29, 1.82) is 0 Å². The Morgan fingerprint density at radius 2 is 1.96 bits per heavy atom. The van der Waals surface area contributed by atoms with Gasteiger partial charge in [0, 0.05) is 12.8 Å². The molecule has 2 fully saturated rings. The fourth-order valence-electron chi connectivity index (χ4n) is 4.00. The molecule has 6 heteroatoms. The van der Waals surface area contributed by atoms with Crippen molar-refractivity contribution in [2.24, 2.45) is 0 Å². The second-order valence-corrected chi connectivity index (χ2v) is 7.54. The van der Waals surface area contributed by atoms with E-state index in [0.29, 0.717) is 23.5 Å². The van der Waals surface area contributed by atoms with Crippen LogP contribution in [0.5, 0.6) is 0 Å². The number of aromatic amines is 1. The van der Waals surface area contributed by atoms with E-state index in [1.807, 2.05) is 0 Å². The molecule has 0 amide bonds. The summed E-state index contributed by atoms with van der Waals surface area (Å²) in [6.45, 7) is 4.93. The Balaban J connectivity index is 1.61. The Kier molecular flexibility index (Phi) is 3.50. The van der Waals surface area contributed by atoms with Crippen molar-refractivity contribution in [3.05, 3.63) is 51.2 Å². The predicted molar refractivity (Wildman–Crippen MR) is 98.9 cm³/mol. The highest BCUT2D eigenvalue weighted by atomic mass is 16.5. The fraction of sp³-hybridized carbons (Fsp3) is 0.450. The van der Waals surface area contributed by atoms with Crippen LogP contribution in [0.4, 0.5) is 0 Å². The van der Waals surface area contributed by atoms with Crippen molar-refractivity contribution in [3.63, 3.8) is 0 Å². The summed E-state index contributed by atoms with van der Waals surface area (Å²) in [6, 6.07) is 4.50. The standard InChI is InChI=1S/C20H22N4O2/c1-11-8-14(13-5-6-13)9-12(2)17(11)24-10-15-18(23-24)21-19(22-20(15)25)16-4-3-7-26-16/h8-10,13,16H,3-7H2,1-2H3,(H,21,22,23,25)/t16-/m1/s1. The van der Waals surface area contributed by atoms with Gasteiger partial charge in [-0.2, -0.15) is 0 Å². The van der Waals surface area contributed by atoms with Crippen LogP contribution in [0.25, 0.3) is 16.7 Å². The number of hydrogen-bond acceptors (Lipinski definition) is 4. The van der Waals surface area contributed by atoms with Crippen molar-refractivity contribution < 1.29 is 4.74 Å². The Hall–Kier alpha value is -2.47. The molecule has 1 aliphatic heterocycles. The van der Waals surface area contributed by atoms with E-state index in [-0.39, 0.29) is 11.7 Å². The highest BCUT2D eigenvalue weighted by Crippen LogP contribution is 2.41. The zero-order valence-electron chi connectivity index (χ0n) is 15.1. The first-order chi connectivity index (χ1) is 12.6. The van der Waals surface area contributed by atoms with Crippen LogP contribution in [0.3, 0.4) is 0 Å². The molecule has 2 aliphatic rings. The highest BCUT2D eigenvalue weighted by molar-refractivity contribution is 5.73. The number of nitrogens with one attached hydrogen (secondary N) is 1. The molecular weight excluding hydrogens is 328 g/mol. The molecule has 1 atom stereocenters. The zero-order chi connectivity index (χ0) is 17.8. The normalized spacial score (nSPS) is 20.2. The zero-order valence-corrected chi connectivity index (χ0v) is 15.1. The smallest absolute Gasteiger partial charge is 0.262 e. The van der Waals surface area contributed by atoms with Gasteiger partial charge in [0.2, 0.25) is 0 Å². The average Bonchev–Trinajstić information content (AvgIpc) is 3.14. The summed E-state index contributed by atoms with van der Waals surface area (Å²) in [4.78, 5) is 20.0. The van der Waals surface area contributed by atoms with Gasteiger partial charge >= 0.3 is 0 Å². The van der Waals surface area contributed by atoms with Crippen LogP contribution in [0.1, 0.15) is 60.2 Å². The molecule has 1 saturated carbocycles. The first kappa shape index (κ1) is 15.8. The summed E-state index contributed by atoms with van der Waals surface area (Å²) in [5, 5.41) is 5.13. The molecule has 0 spiro atoms. The summed E-state index contributed by atoms with van der Waals surface area (Å²) in [7, 11) is 0. The van der Waals surface area contributed by atoms with Crippen molar-refractivity contribution >= 4 is 11.0 Å². The third-order valence-corrected chi connectivity index (χ3v) is 5.43. The molecule has 6 nitrogen and oxygen atoms in total. The number of H-pyrrole nitrogens is 1. The maximum Gasteiger partial charge on any atom is 0.262 e. The molecule has 0 radical (unpaired) electrons. The van der Waals surface area contributed by atoms with Gasteiger partial charge in [0.15, 0.2) is 5.65 Å². The van der Waals surface area contributed by atoms with Crippen LogP contribution in [-0.2, 0) is 4.74 Å². The monoisotopic (exact) mass is 350 g/mol. The maximum atomic E-state index is 12.5. The summed E-state index contributed by atoms with van der Waals surface area (Å²) < 4.78 is 7.45. The molecule has 1 saturated heterocycles. The van der Waals surface area contributed by atoms with Crippen LogP contribution in [0, 0.1) is 13.8 Å². The van der Waals surface area contributed by atoms with E-state index in [9.17, 15) is 4.79 Å². The van der Waals surface area contributed by atoms with E-state index in [4.69, 9.17) is 4.74 Å². The number of benzene rings is 1. The van der Waals surface area contributed by atoms with E-state index in [1.54, 1.807) is 10.9 Å². The largest absolute Gasteiger partial charge is 0.370 e. The first-order valence-electron chi connectivity index (χ1n) is 9.33. The van der Waals surface area contributed by atoms with Crippen LogP contribution in [0.15, 0.2) is 23.1 Å². The van der Waals surface area contributed by atoms with Gasteiger partial charge < -0.3 is 9.72 Å². The highest BCUT2D eigenvalue weighted by Gasteiger charge is 2.25. The van der Waals surface area contributed by atoms with E-state index < -0.39 is 0 Å². The van der Waals surface area contributed by atoms with Crippen molar-refractivity contribution in [3.8, 4) is 5.69 Å². The maximum absolute atomic E-state index is 12.5. The molecule has 26 heavy (non-hydrogen) atoms. The molecule has 1 aromatic carbocycles. The minimum atomic E-state index is -0.156. The lowest BCUT2D eigenvalue weighted by molar-refractivity contribution is 0.105. The Bertz CT molecular complexity index is 1030. The molecular formula is C20H22N4O2. The number of hydrogen-bond donors (Lipinski definition) is 1. The van der Waals surface area contributed by atoms with Crippen LogP contribution < -0.4 is 5.56 Å². The first-order valence-corrected chi connectivity index (χ1v) is 9.33. The van der Waals surface area contributed by atoms with Gasteiger partial charge in [0.1, 0.15) is 17.3 Å². The number of aryl methyl sites for hydroxylation is 2. The third kappa shape index (κ3) is 2.56. The lowest BCUT2D eigenvalue weighted by Crippen LogP contribution is -2.13. The third-order valence-electron chi connectivity index (χ3n) is 5.43. The van der Waals surface area contributed by atoms with Crippen molar-refractivity contribution in [2.45, 2.75) is 51.6 Å². The second kappa shape index (κ2) is 5.77. The number of aromatic nitrogens is 4. The number of nitrogens with zero attached hydrogens (tertiary/aromatic N) is 3. The summed E-state index contributed by atoms with van der Waals surface area (Å²) in [5.41, 5.74) is 5.12. The van der Waals surface area contributed by atoms with Crippen LogP contribution in [-0.4, -0.2) is 26.4 Å². The van der Waals surface area contributed by atoms with Crippen LogP contribution >= 0.6 is 0 Å². The van der Waals surface area contributed by atoms with Gasteiger partial charge in [-0.05, 0) is 62.1 Å². The quantitative estimate of drug-likeness (QED) is 0.785. The van der Waals surface area contributed by atoms with Gasteiger partial charge in [-0.25, -0.2) is 9.67 Å². The predicted octanol–water partition coefficient (Wildman–Crippen LogP) is 3.45. The summed E-state index contributed by atoms with van der Waals surface area (Å²) >= 11 is 0. The molecule has 5 rings (SSSR count). The van der Waals surface area contributed by atoms with E-state index in [2.05, 4.69) is 41.0 Å². The molecule has 1 aliphatic carbocycles. The minimum Gasteiger partial charge on any atom is -0.370 e. The fourth-order valence-corrected chi connectivity index (χ4v) is 4.00. The molecule has 3 aromatic rings. The molecule has 134 valence electrons. The number of fused-ring (bicyclic) bond motifs is 1. The molecule has 2 aromatic heterocycles. The molecule has 0 unspecified atom stereocenters. The topological polar surface area (TPSA) is 72.8 Å². The molecule has 0 bridgehead atoms. The van der Waals surface area contributed by atoms with Gasteiger partial charge in [-0.15, -0.1) is 5.10 Å². The molecule has 1 N–H and O–H groups in total. The van der Waals surface area contributed by atoms with E-state index in [1.165, 1.54) is 29.5 Å². The minimum absolute atomic E-state index is 0.126. The Morgan fingerprint density at radius 1 is 1.19 bits per heavy atom.